The van der Waals surface area contributed by atoms with Crippen molar-refractivity contribution in [2.75, 3.05) is 58.7 Å². The van der Waals surface area contributed by atoms with Crippen molar-refractivity contribution in [3.8, 4) is 5.75 Å². The SMILES string of the molecule is C[C@H](CO)N1C[C@H](C)[C@H](CN(C)C(=O)CCCN(C)C)OCCCC[C@H](C)Oc2ccc(NS(=O)(=O)c3ccc(Cl)cc3)cc2C1=O. The van der Waals surface area contributed by atoms with Gasteiger partial charge < -0.3 is 29.3 Å². The molecule has 0 bridgehead atoms. The first-order chi connectivity index (χ1) is 22.2. The van der Waals surface area contributed by atoms with E-state index in [4.69, 9.17) is 21.1 Å². The average molecular weight is 695 g/mol. The van der Waals surface area contributed by atoms with Crippen molar-refractivity contribution in [3.05, 3.63) is 53.1 Å². The lowest BCUT2D eigenvalue weighted by molar-refractivity contribution is -0.132. The Kier molecular flexibility index (Phi) is 14.8. The van der Waals surface area contributed by atoms with Gasteiger partial charge in [-0.25, -0.2) is 8.42 Å². The molecule has 4 atom stereocenters. The second-order valence-corrected chi connectivity index (χ2v) is 14.9. The summed E-state index contributed by atoms with van der Waals surface area (Å²) in [5.41, 5.74) is 0.355. The Morgan fingerprint density at radius 3 is 2.49 bits per heavy atom. The van der Waals surface area contributed by atoms with Crippen LogP contribution in [0, 0.1) is 5.92 Å². The van der Waals surface area contributed by atoms with Gasteiger partial charge in [-0.3, -0.25) is 14.3 Å². The Bertz CT molecular complexity index is 1420. The number of fused-ring (bicyclic) bond motifs is 1. The Morgan fingerprint density at radius 2 is 1.83 bits per heavy atom. The zero-order valence-electron chi connectivity index (χ0n) is 28.4. The van der Waals surface area contributed by atoms with Gasteiger partial charge >= 0.3 is 0 Å². The number of hydrogen-bond donors (Lipinski definition) is 2. The van der Waals surface area contributed by atoms with Gasteiger partial charge in [0.15, 0.2) is 0 Å². The average Bonchev–Trinajstić information content (AvgIpc) is 3.02. The van der Waals surface area contributed by atoms with Crippen LogP contribution in [0.4, 0.5) is 5.69 Å². The fraction of sp³-hybridized carbons (Fsp3) is 0.588. The van der Waals surface area contributed by atoms with E-state index < -0.39 is 22.0 Å². The molecule has 2 amide bonds. The van der Waals surface area contributed by atoms with Crippen LogP contribution < -0.4 is 9.46 Å². The number of carbonyl (C=O) groups is 2. The van der Waals surface area contributed by atoms with Gasteiger partial charge in [0.1, 0.15) is 5.75 Å². The maximum absolute atomic E-state index is 14.3. The highest BCUT2D eigenvalue weighted by atomic mass is 35.5. The molecule has 0 fully saturated rings. The lowest BCUT2D eigenvalue weighted by Gasteiger charge is -2.36. The van der Waals surface area contributed by atoms with Crippen molar-refractivity contribution >= 4 is 39.1 Å². The molecule has 2 aromatic rings. The third-order valence-electron chi connectivity index (χ3n) is 8.30. The first kappa shape index (κ1) is 38.5. The summed E-state index contributed by atoms with van der Waals surface area (Å²) in [5.74, 6) is -0.264. The lowest BCUT2D eigenvalue weighted by atomic mass is 10.0. The van der Waals surface area contributed by atoms with E-state index in [1.54, 1.807) is 35.9 Å². The number of rotatable bonds is 11. The number of aliphatic hydroxyl groups is 1. The number of nitrogens with zero attached hydrogens (tertiary/aromatic N) is 3. The Balaban J connectivity index is 1.93. The molecule has 1 aliphatic heterocycles. The molecule has 3 rings (SSSR count). The van der Waals surface area contributed by atoms with Crippen molar-refractivity contribution in [1.29, 1.82) is 0 Å². The van der Waals surface area contributed by atoms with Crippen LogP contribution >= 0.6 is 11.6 Å². The summed E-state index contributed by atoms with van der Waals surface area (Å²) in [7, 11) is 1.75. The monoisotopic (exact) mass is 694 g/mol. The number of aliphatic hydroxyl groups excluding tert-OH is 1. The van der Waals surface area contributed by atoms with Gasteiger partial charge in [0.2, 0.25) is 5.91 Å². The van der Waals surface area contributed by atoms with Crippen molar-refractivity contribution in [2.24, 2.45) is 5.92 Å². The third kappa shape index (κ3) is 11.6. The molecule has 1 heterocycles. The highest BCUT2D eigenvalue weighted by molar-refractivity contribution is 7.92. The van der Waals surface area contributed by atoms with Crippen molar-refractivity contribution in [2.45, 2.75) is 76.0 Å². The number of benzene rings is 2. The number of likely N-dealkylation sites (N-methyl/N-ethyl adjacent to an activating group) is 1. The smallest absolute Gasteiger partial charge is 0.261 e. The van der Waals surface area contributed by atoms with E-state index in [-0.39, 0.29) is 53.3 Å². The molecule has 1 aliphatic rings. The van der Waals surface area contributed by atoms with E-state index in [2.05, 4.69) is 4.72 Å². The van der Waals surface area contributed by atoms with Crippen LogP contribution in [0.5, 0.6) is 5.75 Å². The van der Waals surface area contributed by atoms with Crippen LogP contribution in [-0.4, -0.2) is 112 Å². The molecule has 0 radical (unpaired) electrons. The first-order valence-corrected chi connectivity index (χ1v) is 18.1. The summed E-state index contributed by atoms with van der Waals surface area (Å²) in [6.07, 6.45) is 2.94. The van der Waals surface area contributed by atoms with Gasteiger partial charge in [-0.15, -0.1) is 0 Å². The molecule has 0 saturated heterocycles. The molecule has 2 aromatic carbocycles. The Hall–Kier alpha value is -2.90. The highest BCUT2D eigenvalue weighted by Crippen LogP contribution is 2.30. The molecule has 0 spiro atoms. The molecule has 0 saturated carbocycles. The minimum atomic E-state index is -3.98. The van der Waals surface area contributed by atoms with Crippen LogP contribution in [-0.2, 0) is 19.6 Å². The van der Waals surface area contributed by atoms with Gasteiger partial charge in [-0.1, -0.05) is 18.5 Å². The number of carbonyl (C=O) groups excluding carboxylic acids is 2. The van der Waals surface area contributed by atoms with Gasteiger partial charge in [0.05, 0.1) is 35.3 Å². The number of hydrogen-bond acceptors (Lipinski definition) is 8. The molecule has 2 N–H and O–H groups in total. The predicted octanol–water partition coefficient (Wildman–Crippen LogP) is 4.74. The van der Waals surface area contributed by atoms with Gasteiger partial charge in [0.25, 0.3) is 15.9 Å². The molecular weight excluding hydrogens is 644 g/mol. The van der Waals surface area contributed by atoms with Gasteiger partial charge in [-0.2, -0.15) is 0 Å². The standard InChI is InChI=1S/C34H51ClN4O7S/c1-24-21-39(25(2)23-40)34(42)30-20-28(36-47(43,44)29-15-12-27(35)13-16-29)14-17-31(30)46-26(3)10-7-8-19-45-32(24)22-38(6)33(41)11-9-18-37(4)5/h12-17,20,24-26,32,36,40H,7-11,18-19,21-23H2,1-6H3/t24-,25+,26-,32-/m0/s1. The summed E-state index contributed by atoms with van der Waals surface area (Å²) >= 11 is 5.94. The zero-order chi connectivity index (χ0) is 34.7. The zero-order valence-corrected chi connectivity index (χ0v) is 30.0. The van der Waals surface area contributed by atoms with E-state index in [0.29, 0.717) is 36.8 Å². The van der Waals surface area contributed by atoms with Crippen LogP contribution in [0.3, 0.4) is 0 Å². The maximum atomic E-state index is 14.3. The molecule has 0 aliphatic carbocycles. The van der Waals surface area contributed by atoms with E-state index in [1.807, 2.05) is 32.8 Å². The molecule has 0 unspecified atom stereocenters. The summed E-state index contributed by atoms with van der Waals surface area (Å²) in [5, 5.41) is 10.6. The number of halogens is 1. The molecule has 0 aromatic heterocycles. The minimum absolute atomic E-state index is 0.0229. The van der Waals surface area contributed by atoms with Crippen LogP contribution in [0.15, 0.2) is 47.4 Å². The van der Waals surface area contributed by atoms with E-state index in [1.165, 1.54) is 30.3 Å². The fourth-order valence-corrected chi connectivity index (χ4v) is 6.56. The third-order valence-corrected chi connectivity index (χ3v) is 9.95. The van der Waals surface area contributed by atoms with Crippen LogP contribution in [0.1, 0.15) is 63.2 Å². The summed E-state index contributed by atoms with van der Waals surface area (Å²) in [4.78, 5) is 32.6. The first-order valence-electron chi connectivity index (χ1n) is 16.2. The normalized spacial score (nSPS) is 20.6. The fourth-order valence-electron chi connectivity index (χ4n) is 5.39. The molecule has 13 heteroatoms. The maximum Gasteiger partial charge on any atom is 0.261 e. The quantitative estimate of drug-likeness (QED) is 0.346. The topological polar surface area (TPSA) is 129 Å². The largest absolute Gasteiger partial charge is 0.490 e. The minimum Gasteiger partial charge on any atom is -0.490 e. The van der Waals surface area contributed by atoms with Crippen molar-refractivity contribution < 1.29 is 32.6 Å². The number of sulfonamides is 1. The Morgan fingerprint density at radius 1 is 1.13 bits per heavy atom. The highest BCUT2D eigenvalue weighted by Gasteiger charge is 2.31. The van der Waals surface area contributed by atoms with E-state index in [0.717, 1.165) is 25.8 Å². The second-order valence-electron chi connectivity index (χ2n) is 12.8. The lowest BCUT2D eigenvalue weighted by Crippen LogP contribution is -2.48. The van der Waals surface area contributed by atoms with Crippen molar-refractivity contribution in [1.82, 2.24) is 14.7 Å². The summed E-state index contributed by atoms with van der Waals surface area (Å²) in [6, 6.07) is 9.85. The predicted molar refractivity (Wildman–Crippen MR) is 185 cm³/mol. The van der Waals surface area contributed by atoms with Crippen LogP contribution in [0.2, 0.25) is 5.02 Å². The number of nitrogens with one attached hydrogen (secondary N) is 1. The number of ether oxygens (including phenoxy) is 2. The van der Waals surface area contributed by atoms with Crippen molar-refractivity contribution in [3.63, 3.8) is 0 Å². The number of amides is 2. The molecule has 11 nitrogen and oxygen atoms in total. The van der Waals surface area contributed by atoms with E-state index >= 15 is 0 Å². The summed E-state index contributed by atoms with van der Waals surface area (Å²) < 4.78 is 41.5. The molecule has 47 heavy (non-hydrogen) atoms. The van der Waals surface area contributed by atoms with Gasteiger partial charge in [-0.05, 0) is 103 Å². The van der Waals surface area contributed by atoms with Crippen LogP contribution in [0.25, 0.3) is 0 Å². The van der Waals surface area contributed by atoms with E-state index in [9.17, 15) is 23.1 Å². The van der Waals surface area contributed by atoms with Gasteiger partial charge in [0, 0.05) is 49.8 Å². The molecular formula is C34H51ClN4O7S. The summed E-state index contributed by atoms with van der Waals surface area (Å²) in [6.45, 7) is 7.27. The molecule has 262 valence electrons. The number of anilines is 1. The Labute approximate surface area is 285 Å². The second kappa shape index (κ2) is 18.0.